The van der Waals surface area contributed by atoms with Gasteiger partial charge in [0.2, 0.25) is 5.91 Å². The number of fused-ring (bicyclic) bond motifs is 1. The van der Waals surface area contributed by atoms with Crippen molar-refractivity contribution >= 4 is 16.9 Å². The maximum absolute atomic E-state index is 12.7. The first kappa shape index (κ1) is 14.1. The zero-order chi connectivity index (χ0) is 15.0. The number of benzene rings is 1. The summed E-state index contributed by atoms with van der Waals surface area (Å²) in [6, 6.07) is 7.70. The van der Waals surface area contributed by atoms with Gasteiger partial charge < -0.3 is 14.6 Å². The van der Waals surface area contributed by atoms with E-state index in [-0.39, 0.29) is 18.1 Å². The van der Waals surface area contributed by atoms with Gasteiger partial charge >= 0.3 is 0 Å². The molecule has 3 rings (SSSR count). The van der Waals surface area contributed by atoms with E-state index in [0.717, 1.165) is 29.7 Å². The molecule has 21 heavy (non-hydrogen) atoms. The zero-order valence-corrected chi connectivity index (χ0v) is 12.5. The van der Waals surface area contributed by atoms with Gasteiger partial charge in [0.15, 0.2) is 0 Å². The highest BCUT2D eigenvalue weighted by Crippen LogP contribution is 2.26. The first-order chi connectivity index (χ1) is 10.2. The average molecular weight is 287 g/mol. The van der Waals surface area contributed by atoms with Crippen molar-refractivity contribution in [2.75, 3.05) is 13.1 Å². The van der Waals surface area contributed by atoms with E-state index in [0.29, 0.717) is 13.1 Å². The van der Waals surface area contributed by atoms with Crippen molar-refractivity contribution in [2.24, 2.45) is 0 Å². The molecule has 1 aromatic heterocycles. The van der Waals surface area contributed by atoms with E-state index in [2.05, 4.69) is 16.5 Å². The fraction of sp³-hybridized carbons (Fsp3) is 0.500. The second-order valence-corrected chi connectivity index (χ2v) is 5.56. The van der Waals surface area contributed by atoms with Crippen LogP contribution in [0.5, 0.6) is 0 Å². The SMILES string of the molecule is CCc1nc2ccccc2n1[C@@H](CC)C(=O)N1CC(O)C1. The van der Waals surface area contributed by atoms with Gasteiger partial charge in [-0.2, -0.15) is 0 Å². The van der Waals surface area contributed by atoms with Crippen LogP contribution in [0.2, 0.25) is 0 Å². The molecule has 2 heterocycles. The molecule has 1 aliphatic rings. The largest absolute Gasteiger partial charge is 0.389 e. The molecule has 1 amide bonds. The Morgan fingerprint density at radius 1 is 1.38 bits per heavy atom. The number of nitrogens with zero attached hydrogens (tertiary/aromatic N) is 3. The Hall–Kier alpha value is -1.88. The second-order valence-electron chi connectivity index (χ2n) is 5.56. The van der Waals surface area contributed by atoms with Gasteiger partial charge in [0, 0.05) is 19.5 Å². The van der Waals surface area contributed by atoms with E-state index in [1.54, 1.807) is 4.90 Å². The van der Waals surface area contributed by atoms with Gasteiger partial charge in [-0.05, 0) is 18.6 Å². The van der Waals surface area contributed by atoms with Crippen LogP contribution in [-0.2, 0) is 11.2 Å². The van der Waals surface area contributed by atoms with E-state index in [4.69, 9.17) is 0 Å². The number of aliphatic hydroxyl groups is 1. The molecule has 0 radical (unpaired) electrons. The molecular formula is C16H21N3O2. The molecule has 0 spiro atoms. The monoisotopic (exact) mass is 287 g/mol. The molecule has 1 saturated heterocycles. The number of aryl methyl sites for hydroxylation is 1. The Bertz CT molecular complexity index is 659. The maximum Gasteiger partial charge on any atom is 0.245 e. The minimum absolute atomic E-state index is 0.0839. The van der Waals surface area contributed by atoms with Crippen LogP contribution in [0.1, 0.15) is 32.1 Å². The van der Waals surface area contributed by atoms with Gasteiger partial charge in [-0.25, -0.2) is 4.98 Å². The molecule has 1 atom stereocenters. The van der Waals surface area contributed by atoms with E-state index in [1.807, 2.05) is 31.2 Å². The van der Waals surface area contributed by atoms with Crippen molar-refractivity contribution in [3.05, 3.63) is 30.1 Å². The van der Waals surface area contributed by atoms with Crippen molar-refractivity contribution in [3.63, 3.8) is 0 Å². The molecular weight excluding hydrogens is 266 g/mol. The van der Waals surface area contributed by atoms with E-state index >= 15 is 0 Å². The lowest BCUT2D eigenvalue weighted by molar-refractivity contribution is -0.145. The molecule has 1 fully saturated rings. The summed E-state index contributed by atoms with van der Waals surface area (Å²) in [6.45, 7) is 4.97. The van der Waals surface area contributed by atoms with Gasteiger partial charge in [0.25, 0.3) is 0 Å². The highest BCUT2D eigenvalue weighted by atomic mass is 16.3. The Morgan fingerprint density at radius 2 is 2.10 bits per heavy atom. The van der Waals surface area contributed by atoms with E-state index in [1.165, 1.54) is 0 Å². The Labute approximate surface area is 124 Å². The minimum atomic E-state index is -0.364. The summed E-state index contributed by atoms with van der Waals surface area (Å²) in [6.07, 6.45) is 1.15. The molecule has 5 nitrogen and oxygen atoms in total. The Balaban J connectivity index is 2.02. The summed E-state index contributed by atoms with van der Waals surface area (Å²) in [7, 11) is 0. The smallest absolute Gasteiger partial charge is 0.245 e. The summed E-state index contributed by atoms with van der Waals surface area (Å²) in [5.41, 5.74) is 1.94. The van der Waals surface area contributed by atoms with E-state index in [9.17, 15) is 9.90 Å². The van der Waals surface area contributed by atoms with Crippen molar-refractivity contribution in [1.29, 1.82) is 0 Å². The predicted molar refractivity (Wildman–Crippen MR) is 81.0 cm³/mol. The standard InChI is InChI=1S/C16H21N3O2/c1-3-13(16(21)18-9-11(20)10-18)19-14-8-6-5-7-12(14)17-15(19)4-2/h5-8,11,13,20H,3-4,9-10H2,1-2H3/t13-/m0/s1. The number of hydrogen-bond donors (Lipinski definition) is 1. The third-order valence-electron chi connectivity index (χ3n) is 4.14. The molecule has 0 aliphatic carbocycles. The van der Waals surface area contributed by atoms with Crippen LogP contribution in [-0.4, -0.2) is 44.7 Å². The third kappa shape index (κ3) is 2.31. The summed E-state index contributed by atoms with van der Waals surface area (Å²) >= 11 is 0. The lowest BCUT2D eigenvalue weighted by Crippen LogP contribution is -2.55. The maximum atomic E-state index is 12.7. The summed E-state index contributed by atoms with van der Waals surface area (Å²) in [4.78, 5) is 19.1. The fourth-order valence-electron chi connectivity index (χ4n) is 3.01. The number of para-hydroxylation sites is 2. The first-order valence-corrected chi connectivity index (χ1v) is 7.58. The quantitative estimate of drug-likeness (QED) is 0.932. The molecule has 2 aromatic rings. The van der Waals surface area contributed by atoms with Gasteiger partial charge in [-0.15, -0.1) is 0 Å². The highest BCUT2D eigenvalue weighted by Gasteiger charge is 2.34. The van der Waals surface area contributed by atoms with Crippen LogP contribution >= 0.6 is 0 Å². The number of aromatic nitrogens is 2. The number of aliphatic hydroxyl groups excluding tert-OH is 1. The number of hydrogen-bond acceptors (Lipinski definition) is 3. The molecule has 0 saturated carbocycles. The molecule has 1 N–H and O–H groups in total. The van der Waals surface area contributed by atoms with Crippen molar-refractivity contribution in [2.45, 2.75) is 38.8 Å². The fourth-order valence-corrected chi connectivity index (χ4v) is 3.01. The van der Waals surface area contributed by atoms with Crippen LogP contribution < -0.4 is 0 Å². The normalized spacial score (nSPS) is 17.0. The predicted octanol–water partition coefficient (Wildman–Crippen LogP) is 1.75. The number of amides is 1. The lowest BCUT2D eigenvalue weighted by Gasteiger charge is -2.38. The topological polar surface area (TPSA) is 58.4 Å². The van der Waals surface area contributed by atoms with Crippen LogP contribution in [0.4, 0.5) is 0 Å². The average Bonchev–Trinajstić information content (AvgIpc) is 2.83. The van der Waals surface area contributed by atoms with Crippen molar-refractivity contribution < 1.29 is 9.90 Å². The van der Waals surface area contributed by atoms with Crippen LogP contribution in [0, 0.1) is 0 Å². The first-order valence-electron chi connectivity index (χ1n) is 7.58. The van der Waals surface area contributed by atoms with Gasteiger partial charge in [0.05, 0.1) is 17.1 Å². The van der Waals surface area contributed by atoms with Gasteiger partial charge in [-0.3, -0.25) is 4.79 Å². The molecule has 1 aliphatic heterocycles. The van der Waals surface area contributed by atoms with Crippen molar-refractivity contribution in [1.82, 2.24) is 14.5 Å². The number of imidazole rings is 1. The molecule has 5 heteroatoms. The van der Waals surface area contributed by atoms with Crippen LogP contribution in [0.3, 0.4) is 0 Å². The number of carbonyl (C=O) groups excluding carboxylic acids is 1. The second kappa shape index (κ2) is 5.48. The zero-order valence-electron chi connectivity index (χ0n) is 12.5. The Morgan fingerprint density at radius 3 is 2.71 bits per heavy atom. The number of likely N-dealkylation sites (tertiary alicyclic amines) is 1. The van der Waals surface area contributed by atoms with Crippen molar-refractivity contribution in [3.8, 4) is 0 Å². The number of carbonyl (C=O) groups is 1. The number of rotatable bonds is 4. The van der Waals surface area contributed by atoms with Gasteiger partial charge in [0.1, 0.15) is 11.9 Å². The van der Waals surface area contributed by atoms with Crippen LogP contribution in [0.25, 0.3) is 11.0 Å². The highest BCUT2D eigenvalue weighted by molar-refractivity contribution is 5.85. The summed E-state index contributed by atoms with van der Waals surface area (Å²) < 4.78 is 2.07. The molecule has 0 bridgehead atoms. The number of β-amino-alcohol motifs (C(OH)–C–C–N with tert-alkyl or cyclic N) is 1. The summed E-state index contributed by atoms with van der Waals surface area (Å²) in [5.74, 6) is 1.03. The van der Waals surface area contributed by atoms with E-state index < -0.39 is 0 Å². The minimum Gasteiger partial charge on any atom is -0.389 e. The van der Waals surface area contributed by atoms with Gasteiger partial charge in [-0.1, -0.05) is 26.0 Å². The summed E-state index contributed by atoms with van der Waals surface area (Å²) in [5, 5.41) is 9.41. The third-order valence-corrected chi connectivity index (χ3v) is 4.14. The molecule has 0 unspecified atom stereocenters. The molecule has 112 valence electrons. The molecule has 1 aromatic carbocycles. The lowest BCUT2D eigenvalue weighted by atomic mass is 10.1. The van der Waals surface area contributed by atoms with Crippen LogP contribution in [0.15, 0.2) is 24.3 Å². The Kier molecular flexibility index (Phi) is 3.68.